The molecule has 3 N–H and O–H groups in total. The summed E-state index contributed by atoms with van der Waals surface area (Å²) in [6, 6.07) is 6.99. The second-order valence-electron chi connectivity index (χ2n) is 5.52. The summed E-state index contributed by atoms with van der Waals surface area (Å²) in [4.78, 5) is 11.9. The fourth-order valence-electron chi connectivity index (χ4n) is 2.46. The summed E-state index contributed by atoms with van der Waals surface area (Å²) in [6.45, 7) is 2.14. The maximum Gasteiger partial charge on any atom is 0.275 e. The molecule has 1 saturated heterocycles. The molecule has 0 spiro atoms. The van der Waals surface area contributed by atoms with E-state index in [1.165, 1.54) is 0 Å². The van der Waals surface area contributed by atoms with Gasteiger partial charge < -0.3 is 10.6 Å². The zero-order valence-electron chi connectivity index (χ0n) is 12.1. The fraction of sp³-hybridized carbons (Fsp3) is 0.500. The van der Waals surface area contributed by atoms with E-state index in [2.05, 4.69) is 5.32 Å². The zero-order chi connectivity index (χ0) is 16.3. The van der Waals surface area contributed by atoms with Crippen molar-refractivity contribution in [3.8, 4) is 0 Å². The SMILES string of the molecule is C[C@H]([NH2+]CC(=O)N[C@@H]1CS(=O)(=O)C[C@@H]1Cl)c1ccccc1Cl. The molecule has 1 aromatic carbocycles. The standard InChI is InChI=1S/C14H18Cl2N2O3S/c1-9(10-4-2-3-5-11(10)15)17-6-14(19)18-13-8-22(20,21)7-12(13)16/h2-5,9,12-13,17H,6-8H2,1H3,(H,18,19)/p+1/t9-,12-,13+/m0/s1. The summed E-state index contributed by atoms with van der Waals surface area (Å²) in [5.41, 5.74) is 0.954. The lowest BCUT2D eigenvalue weighted by Gasteiger charge is -2.16. The Bertz CT molecular complexity index is 651. The molecular weight excluding hydrogens is 347 g/mol. The van der Waals surface area contributed by atoms with Crippen LogP contribution < -0.4 is 10.6 Å². The van der Waals surface area contributed by atoms with E-state index in [-0.39, 0.29) is 30.0 Å². The van der Waals surface area contributed by atoms with Crippen molar-refractivity contribution >= 4 is 38.9 Å². The first-order valence-electron chi connectivity index (χ1n) is 7.00. The van der Waals surface area contributed by atoms with E-state index in [0.29, 0.717) is 5.02 Å². The van der Waals surface area contributed by atoms with Crippen LogP contribution in [0.1, 0.15) is 18.5 Å². The first-order valence-corrected chi connectivity index (χ1v) is 9.63. The van der Waals surface area contributed by atoms with Crippen LogP contribution >= 0.6 is 23.2 Å². The van der Waals surface area contributed by atoms with E-state index in [9.17, 15) is 13.2 Å². The van der Waals surface area contributed by atoms with E-state index >= 15 is 0 Å². The molecule has 122 valence electrons. The Morgan fingerprint density at radius 1 is 1.41 bits per heavy atom. The van der Waals surface area contributed by atoms with E-state index in [1.807, 2.05) is 36.5 Å². The number of halogens is 2. The number of carbonyl (C=O) groups excluding carboxylic acids is 1. The maximum atomic E-state index is 11.9. The molecule has 1 heterocycles. The van der Waals surface area contributed by atoms with Crippen LogP contribution in [0.5, 0.6) is 0 Å². The van der Waals surface area contributed by atoms with Gasteiger partial charge in [0.25, 0.3) is 5.91 Å². The Labute approximate surface area is 140 Å². The Hall–Kier alpha value is -0.820. The van der Waals surface area contributed by atoms with Gasteiger partial charge in [-0.3, -0.25) is 4.79 Å². The summed E-state index contributed by atoms with van der Waals surface area (Å²) in [7, 11) is -3.14. The van der Waals surface area contributed by atoms with Crippen LogP contribution in [0.25, 0.3) is 0 Å². The lowest BCUT2D eigenvalue weighted by molar-refractivity contribution is -0.682. The second-order valence-corrected chi connectivity index (χ2v) is 8.64. The van der Waals surface area contributed by atoms with Gasteiger partial charge in [0.2, 0.25) is 0 Å². The maximum absolute atomic E-state index is 11.9. The van der Waals surface area contributed by atoms with Gasteiger partial charge in [-0.15, -0.1) is 11.6 Å². The molecule has 1 aliphatic heterocycles. The molecule has 1 aliphatic rings. The molecule has 0 aliphatic carbocycles. The third kappa shape index (κ3) is 4.59. The predicted octanol–water partition coefficient (Wildman–Crippen LogP) is 0.485. The van der Waals surface area contributed by atoms with E-state index < -0.39 is 21.3 Å². The average molecular weight is 366 g/mol. The van der Waals surface area contributed by atoms with Crippen LogP contribution in [0.3, 0.4) is 0 Å². The molecule has 0 unspecified atom stereocenters. The van der Waals surface area contributed by atoms with Gasteiger partial charge in [-0.25, -0.2) is 8.42 Å². The largest absolute Gasteiger partial charge is 0.346 e. The Kier molecular flexibility index (Phi) is 5.71. The van der Waals surface area contributed by atoms with Gasteiger partial charge in [-0.2, -0.15) is 0 Å². The highest BCUT2D eigenvalue weighted by atomic mass is 35.5. The number of sulfone groups is 1. The number of alkyl halides is 1. The molecule has 0 saturated carbocycles. The third-order valence-corrected chi connectivity index (χ3v) is 6.40. The smallest absolute Gasteiger partial charge is 0.275 e. The number of rotatable bonds is 5. The van der Waals surface area contributed by atoms with E-state index in [1.54, 1.807) is 0 Å². The minimum atomic E-state index is -3.14. The van der Waals surface area contributed by atoms with Crippen molar-refractivity contribution in [3.63, 3.8) is 0 Å². The first-order chi connectivity index (χ1) is 10.3. The monoisotopic (exact) mass is 365 g/mol. The van der Waals surface area contributed by atoms with Gasteiger partial charge in [0.05, 0.1) is 22.9 Å². The molecule has 1 amide bonds. The highest BCUT2D eigenvalue weighted by Crippen LogP contribution is 2.19. The van der Waals surface area contributed by atoms with Crippen molar-refractivity contribution in [2.75, 3.05) is 18.1 Å². The molecule has 2 rings (SSSR count). The Morgan fingerprint density at radius 3 is 2.68 bits per heavy atom. The van der Waals surface area contributed by atoms with Crippen molar-refractivity contribution in [2.45, 2.75) is 24.4 Å². The minimum Gasteiger partial charge on any atom is -0.346 e. The Balaban J connectivity index is 1.85. The van der Waals surface area contributed by atoms with Gasteiger partial charge in [0.15, 0.2) is 16.4 Å². The first kappa shape index (κ1) is 17.5. The number of nitrogens with one attached hydrogen (secondary N) is 1. The number of hydrogen-bond donors (Lipinski definition) is 2. The van der Waals surface area contributed by atoms with E-state index in [0.717, 1.165) is 5.56 Å². The van der Waals surface area contributed by atoms with Gasteiger partial charge in [0, 0.05) is 10.6 Å². The van der Waals surface area contributed by atoms with Crippen molar-refractivity contribution in [1.29, 1.82) is 0 Å². The summed E-state index contributed by atoms with van der Waals surface area (Å²) >= 11 is 12.1. The molecule has 0 radical (unpaired) electrons. The van der Waals surface area contributed by atoms with Gasteiger partial charge in [-0.1, -0.05) is 29.8 Å². The fourth-order valence-corrected chi connectivity index (χ4v) is 5.32. The molecule has 1 fully saturated rings. The van der Waals surface area contributed by atoms with Crippen LogP contribution in [-0.2, 0) is 14.6 Å². The quantitative estimate of drug-likeness (QED) is 0.745. The number of hydrogen-bond acceptors (Lipinski definition) is 3. The van der Waals surface area contributed by atoms with E-state index in [4.69, 9.17) is 23.2 Å². The number of benzene rings is 1. The van der Waals surface area contributed by atoms with Crippen LogP contribution in [0.15, 0.2) is 24.3 Å². The Morgan fingerprint density at radius 2 is 2.09 bits per heavy atom. The summed E-state index contributed by atoms with van der Waals surface area (Å²) in [5, 5.41) is 4.64. The third-order valence-electron chi connectivity index (χ3n) is 3.68. The van der Waals surface area contributed by atoms with Crippen LogP contribution in [-0.4, -0.2) is 43.8 Å². The molecule has 8 heteroatoms. The van der Waals surface area contributed by atoms with Crippen molar-refractivity contribution in [2.24, 2.45) is 0 Å². The molecule has 5 nitrogen and oxygen atoms in total. The highest BCUT2D eigenvalue weighted by Gasteiger charge is 2.37. The van der Waals surface area contributed by atoms with Gasteiger partial charge >= 0.3 is 0 Å². The minimum absolute atomic E-state index is 0.0264. The van der Waals surface area contributed by atoms with Crippen molar-refractivity contribution in [1.82, 2.24) is 5.32 Å². The molecule has 0 bridgehead atoms. The number of carbonyl (C=O) groups is 1. The van der Waals surface area contributed by atoms with Crippen LogP contribution in [0, 0.1) is 0 Å². The van der Waals surface area contributed by atoms with Crippen molar-refractivity contribution in [3.05, 3.63) is 34.9 Å². The van der Waals surface area contributed by atoms with Gasteiger partial charge in [-0.05, 0) is 13.0 Å². The summed E-state index contributed by atoms with van der Waals surface area (Å²) in [6.07, 6.45) is 0. The zero-order valence-corrected chi connectivity index (χ0v) is 14.5. The predicted molar refractivity (Wildman–Crippen MR) is 86.9 cm³/mol. The molecule has 0 aromatic heterocycles. The second kappa shape index (κ2) is 7.17. The molecule has 3 atom stereocenters. The number of nitrogens with two attached hydrogens (primary N) is 1. The lowest BCUT2D eigenvalue weighted by atomic mass is 10.1. The average Bonchev–Trinajstić information content (AvgIpc) is 2.69. The highest BCUT2D eigenvalue weighted by molar-refractivity contribution is 7.91. The lowest BCUT2D eigenvalue weighted by Crippen LogP contribution is -2.87. The normalized spacial score (nSPS) is 24.9. The van der Waals surface area contributed by atoms with Crippen LogP contribution in [0.4, 0.5) is 0 Å². The summed E-state index contributed by atoms with van der Waals surface area (Å²) < 4.78 is 22.9. The molecule has 22 heavy (non-hydrogen) atoms. The molecular formula is C14H19Cl2N2O3S+. The van der Waals surface area contributed by atoms with Crippen molar-refractivity contribution < 1.29 is 18.5 Å². The summed E-state index contributed by atoms with van der Waals surface area (Å²) in [5.74, 6) is -0.404. The molecule has 1 aromatic rings. The van der Waals surface area contributed by atoms with Crippen LogP contribution in [0.2, 0.25) is 5.02 Å². The van der Waals surface area contributed by atoms with Gasteiger partial charge in [0.1, 0.15) is 6.04 Å². The topological polar surface area (TPSA) is 79.8 Å². The number of amides is 1. The number of quaternary nitrogens is 1.